The van der Waals surface area contributed by atoms with E-state index in [1.54, 1.807) is 55.6 Å². The number of aliphatic carboxylic acids is 1. The Morgan fingerprint density at radius 3 is 2.16 bits per heavy atom. The summed E-state index contributed by atoms with van der Waals surface area (Å²) in [7, 11) is 1.78. The highest BCUT2D eigenvalue weighted by atomic mass is 16.6. The van der Waals surface area contributed by atoms with Gasteiger partial charge < -0.3 is 39.6 Å². The number of aromatic hydroxyl groups is 1. The summed E-state index contributed by atoms with van der Waals surface area (Å²) in [6.45, 7) is 1.91. The number of aliphatic hydroxyl groups is 1. The van der Waals surface area contributed by atoms with Gasteiger partial charge >= 0.3 is 23.9 Å². The molecule has 256 valence electrons. The zero-order valence-corrected chi connectivity index (χ0v) is 27.0. The van der Waals surface area contributed by atoms with E-state index in [1.807, 2.05) is 13.0 Å². The van der Waals surface area contributed by atoms with Crippen molar-refractivity contribution in [2.24, 2.45) is 0 Å². The number of carboxylic acid groups (broad SMARTS) is 1. The van der Waals surface area contributed by atoms with Crippen LogP contribution < -0.4 is 10.1 Å². The summed E-state index contributed by atoms with van der Waals surface area (Å²) < 4.78 is 22.8. The number of benzene rings is 3. The maximum absolute atomic E-state index is 13.3. The summed E-state index contributed by atoms with van der Waals surface area (Å²) in [4.78, 5) is 51.4. The van der Waals surface area contributed by atoms with Gasteiger partial charge in [0.2, 0.25) is 12.2 Å². The van der Waals surface area contributed by atoms with Gasteiger partial charge in [-0.05, 0) is 37.6 Å². The van der Waals surface area contributed by atoms with E-state index in [0.717, 1.165) is 5.56 Å². The Kier molecular flexibility index (Phi) is 9.19. The fraction of sp³-hybridized carbons (Fsp3) is 0.351. The number of phenolic OH excluding ortho intramolecular Hbond substituents is 1. The van der Waals surface area contributed by atoms with Gasteiger partial charge in [-0.1, -0.05) is 73.7 Å². The van der Waals surface area contributed by atoms with Crippen molar-refractivity contribution < 1.29 is 53.4 Å². The lowest BCUT2D eigenvalue weighted by molar-refractivity contribution is -0.178. The number of ether oxygens (including phenoxy) is 4. The van der Waals surface area contributed by atoms with Crippen LogP contribution in [0.4, 0.5) is 0 Å². The van der Waals surface area contributed by atoms with Gasteiger partial charge in [0.05, 0.1) is 23.9 Å². The Hall–Kier alpha value is -5.20. The highest BCUT2D eigenvalue weighted by Gasteiger charge is 2.69. The van der Waals surface area contributed by atoms with Gasteiger partial charge in [-0.25, -0.2) is 9.59 Å². The summed E-state index contributed by atoms with van der Waals surface area (Å²) in [5.41, 5.74) is -0.244. The number of carboxylic acids is 1. The van der Waals surface area contributed by atoms with Crippen molar-refractivity contribution in [2.45, 2.75) is 74.4 Å². The number of hydrogen-bond donors (Lipinski definition) is 4. The van der Waals surface area contributed by atoms with Crippen molar-refractivity contribution in [3.63, 3.8) is 0 Å². The maximum Gasteiger partial charge on any atom is 0.353 e. The second kappa shape index (κ2) is 13.4. The molecule has 12 nitrogen and oxygen atoms in total. The zero-order valence-electron chi connectivity index (χ0n) is 27.0. The monoisotopic (exact) mass is 671 g/mol. The highest BCUT2D eigenvalue weighted by molar-refractivity contribution is 5.85. The van der Waals surface area contributed by atoms with Crippen molar-refractivity contribution >= 4 is 23.9 Å². The van der Waals surface area contributed by atoms with Crippen LogP contribution in [0.3, 0.4) is 0 Å². The molecule has 0 radical (unpaired) electrons. The number of phenols is 1. The second-order valence-corrected chi connectivity index (χ2v) is 12.4. The molecule has 3 aromatic rings. The third kappa shape index (κ3) is 5.80. The summed E-state index contributed by atoms with van der Waals surface area (Å²) in [5.74, 6) is -3.87. The van der Waals surface area contributed by atoms with Gasteiger partial charge in [0.25, 0.3) is 0 Å². The number of likely N-dealkylation sites (N-methyl/N-ethyl adjacent to an activating group) is 1. The standard InChI is InChI=1S/C37H37NO11/c1-3-36-29-23-14-15-24(39)32(29)48-33(36)25(18-19-37(36,45)26(20-23)38-2)46-27(40)16-17-28(41)47-31(22-12-8-5-9-13-22)35(44)49-30(34(42)43)21-10-6-4-7-11-21/h4-15,18,26,30-31,33,38-39,45H,3,16-17,19-20H2,1-2H3,(H,42,43)/t26-,30+,31+,33+,36+,37-/m1/s1. The molecule has 0 saturated carbocycles. The molecule has 0 bridgehead atoms. The minimum atomic E-state index is -1.64. The first-order valence-corrected chi connectivity index (χ1v) is 16.1. The van der Waals surface area contributed by atoms with Crippen LogP contribution in [0.25, 0.3) is 0 Å². The summed E-state index contributed by atoms with van der Waals surface area (Å²) in [6.07, 6.45) is -2.37. The fourth-order valence-corrected chi connectivity index (χ4v) is 7.50. The number of carbonyl (C=O) groups is 4. The van der Waals surface area contributed by atoms with E-state index < -0.39 is 66.0 Å². The quantitative estimate of drug-likeness (QED) is 0.161. The Balaban J connectivity index is 1.15. The molecule has 2 aliphatic carbocycles. The van der Waals surface area contributed by atoms with Crippen molar-refractivity contribution in [1.82, 2.24) is 5.32 Å². The molecular weight excluding hydrogens is 634 g/mol. The number of esters is 3. The predicted octanol–water partition coefficient (Wildman–Crippen LogP) is 3.94. The lowest BCUT2D eigenvalue weighted by Gasteiger charge is -2.55. The average Bonchev–Trinajstić information content (AvgIpc) is 3.49. The molecule has 0 saturated heterocycles. The molecule has 6 atom stereocenters. The SMILES string of the molecule is CC[C@]12c3c4ccc(O)c3O[C@H]1C(OC(=O)CCC(=O)O[C@H](C(=O)O[C@H](C(=O)O)c1ccccc1)c1ccccc1)=CC[C@@]2(O)[C@H](NC)C4. The van der Waals surface area contributed by atoms with Crippen LogP contribution >= 0.6 is 0 Å². The Labute approximate surface area is 282 Å². The van der Waals surface area contributed by atoms with Crippen LogP contribution in [0.1, 0.15) is 67.1 Å². The topological polar surface area (TPSA) is 178 Å². The van der Waals surface area contributed by atoms with Gasteiger partial charge in [0.1, 0.15) is 5.76 Å². The summed E-state index contributed by atoms with van der Waals surface area (Å²) in [5, 5.41) is 35.9. The molecule has 0 fully saturated rings. The first-order chi connectivity index (χ1) is 23.5. The van der Waals surface area contributed by atoms with Gasteiger partial charge in [-0.15, -0.1) is 0 Å². The lowest BCUT2D eigenvalue weighted by atomic mass is 9.52. The van der Waals surface area contributed by atoms with Crippen LogP contribution in [0, 0.1) is 0 Å². The normalized spacial score (nSPS) is 24.3. The number of hydrogen-bond acceptors (Lipinski definition) is 11. The number of nitrogens with one attached hydrogen (secondary N) is 1. The minimum absolute atomic E-state index is 0.0791. The summed E-state index contributed by atoms with van der Waals surface area (Å²) >= 11 is 0. The van der Waals surface area contributed by atoms with Crippen LogP contribution in [-0.2, 0) is 45.2 Å². The van der Waals surface area contributed by atoms with Crippen LogP contribution in [0.15, 0.2) is 84.6 Å². The molecule has 12 heteroatoms. The molecular formula is C37H37NO11. The van der Waals surface area contributed by atoms with Crippen molar-refractivity contribution in [2.75, 3.05) is 7.05 Å². The Morgan fingerprint density at radius 2 is 1.55 bits per heavy atom. The third-order valence-electron chi connectivity index (χ3n) is 9.80. The minimum Gasteiger partial charge on any atom is -0.504 e. The molecule has 1 aliphatic heterocycles. The summed E-state index contributed by atoms with van der Waals surface area (Å²) in [6, 6.07) is 18.9. The third-order valence-corrected chi connectivity index (χ3v) is 9.80. The van der Waals surface area contributed by atoms with E-state index in [9.17, 15) is 34.5 Å². The fourth-order valence-electron chi connectivity index (χ4n) is 7.50. The van der Waals surface area contributed by atoms with Gasteiger partial charge in [-0.2, -0.15) is 0 Å². The number of carbonyl (C=O) groups excluding carboxylic acids is 3. The van der Waals surface area contributed by atoms with Gasteiger partial charge in [-0.3, -0.25) is 9.59 Å². The molecule has 3 aliphatic rings. The first kappa shape index (κ1) is 33.7. The molecule has 1 heterocycles. The molecule has 0 amide bonds. The Morgan fingerprint density at radius 1 is 0.918 bits per heavy atom. The van der Waals surface area contributed by atoms with Crippen molar-refractivity contribution in [3.8, 4) is 11.5 Å². The predicted molar refractivity (Wildman–Crippen MR) is 172 cm³/mol. The second-order valence-electron chi connectivity index (χ2n) is 12.4. The van der Waals surface area contributed by atoms with Gasteiger partial charge in [0.15, 0.2) is 17.6 Å². The van der Waals surface area contributed by atoms with Crippen LogP contribution in [0.2, 0.25) is 0 Å². The van der Waals surface area contributed by atoms with Crippen LogP contribution in [0.5, 0.6) is 11.5 Å². The molecule has 49 heavy (non-hydrogen) atoms. The van der Waals surface area contributed by atoms with E-state index in [0.29, 0.717) is 18.4 Å². The first-order valence-electron chi connectivity index (χ1n) is 16.1. The molecule has 0 aromatic heterocycles. The largest absolute Gasteiger partial charge is 0.504 e. The zero-order chi connectivity index (χ0) is 34.9. The van der Waals surface area contributed by atoms with E-state index in [-0.39, 0.29) is 40.8 Å². The smallest absolute Gasteiger partial charge is 0.353 e. The van der Waals surface area contributed by atoms with Crippen LogP contribution in [-0.4, -0.2) is 64.0 Å². The van der Waals surface area contributed by atoms with E-state index in [4.69, 9.17) is 18.9 Å². The van der Waals surface area contributed by atoms with Crippen molar-refractivity contribution in [3.05, 3.63) is 107 Å². The number of rotatable bonds is 12. The van der Waals surface area contributed by atoms with E-state index in [2.05, 4.69) is 5.32 Å². The molecule has 6 rings (SSSR count). The van der Waals surface area contributed by atoms with E-state index >= 15 is 0 Å². The molecule has 4 N–H and O–H groups in total. The molecule has 0 spiro atoms. The Bertz CT molecular complexity index is 1790. The highest BCUT2D eigenvalue weighted by Crippen LogP contribution is 2.63. The molecule has 0 unspecified atom stereocenters. The lowest BCUT2D eigenvalue weighted by Crippen LogP contribution is -2.70. The van der Waals surface area contributed by atoms with Crippen molar-refractivity contribution in [1.29, 1.82) is 0 Å². The molecule has 3 aromatic carbocycles. The average molecular weight is 672 g/mol. The maximum atomic E-state index is 13.3. The van der Waals surface area contributed by atoms with Gasteiger partial charge in [0, 0.05) is 29.2 Å². The van der Waals surface area contributed by atoms with E-state index in [1.165, 1.54) is 24.3 Å².